The molecule has 3 nitrogen and oxygen atoms in total. The molecule has 198 valence electrons. The smallest absolute Gasteiger partial charge is 0.456 e. The Hall–Kier alpha value is -4.12. The average molecular weight is 532 g/mol. The number of fused-ring (bicyclic) bond motifs is 13. The molecule has 3 aliphatic rings. The van der Waals surface area contributed by atoms with Gasteiger partial charge in [0.05, 0.1) is 16.6 Å². The second-order valence-corrected chi connectivity index (χ2v) is 12.7. The van der Waals surface area contributed by atoms with Crippen molar-refractivity contribution in [2.45, 2.75) is 44.3 Å². The van der Waals surface area contributed by atoms with E-state index in [1.54, 1.807) is 0 Å². The molecule has 1 spiro atoms. The molecule has 0 unspecified atom stereocenters. The molecular formula is C37H29BO3. The molecule has 5 aromatic carbocycles. The van der Waals surface area contributed by atoms with Gasteiger partial charge in [0.25, 0.3) is 0 Å². The van der Waals surface area contributed by atoms with Crippen LogP contribution in [0.2, 0.25) is 0 Å². The summed E-state index contributed by atoms with van der Waals surface area (Å²) in [6.45, 7) is 8.34. The Labute approximate surface area is 239 Å². The number of hydrogen-bond acceptors (Lipinski definition) is 3. The number of furan rings is 1. The van der Waals surface area contributed by atoms with Crippen molar-refractivity contribution in [3.8, 4) is 22.3 Å². The van der Waals surface area contributed by atoms with Gasteiger partial charge in [-0.1, -0.05) is 84.9 Å². The van der Waals surface area contributed by atoms with Crippen LogP contribution in [0.5, 0.6) is 0 Å². The van der Waals surface area contributed by atoms with Crippen LogP contribution in [0.3, 0.4) is 0 Å². The highest BCUT2D eigenvalue weighted by atomic mass is 16.7. The Kier molecular flexibility index (Phi) is 4.36. The van der Waals surface area contributed by atoms with Crippen LogP contribution >= 0.6 is 0 Å². The zero-order valence-electron chi connectivity index (χ0n) is 23.6. The summed E-state index contributed by atoms with van der Waals surface area (Å²) in [7, 11) is -0.427. The van der Waals surface area contributed by atoms with Crippen molar-refractivity contribution in [3.63, 3.8) is 0 Å². The van der Waals surface area contributed by atoms with Crippen molar-refractivity contribution in [1.82, 2.24) is 0 Å². The van der Waals surface area contributed by atoms with Gasteiger partial charge in [0, 0.05) is 10.8 Å². The quantitative estimate of drug-likeness (QED) is 0.200. The largest absolute Gasteiger partial charge is 0.494 e. The van der Waals surface area contributed by atoms with Gasteiger partial charge >= 0.3 is 7.12 Å². The molecule has 1 aromatic heterocycles. The van der Waals surface area contributed by atoms with Crippen LogP contribution in [0.4, 0.5) is 0 Å². The van der Waals surface area contributed by atoms with Crippen LogP contribution < -0.4 is 5.46 Å². The minimum atomic E-state index is -0.427. The van der Waals surface area contributed by atoms with Gasteiger partial charge in [0.1, 0.15) is 11.2 Å². The second-order valence-electron chi connectivity index (χ2n) is 12.7. The Morgan fingerprint density at radius 3 is 1.59 bits per heavy atom. The Morgan fingerprint density at radius 1 is 0.488 bits per heavy atom. The van der Waals surface area contributed by atoms with E-state index in [4.69, 9.17) is 13.7 Å². The van der Waals surface area contributed by atoms with E-state index in [-0.39, 0.29) is 5.41 Å². The van der Waals surface area contributed by atoms with E-state index < -0.39 is 18.3 Å². The van der Waals surface area contributed by atoms with Gasteiger partial charge in [-0.05, 0) is 95.9 Å². The first-order valence-corrected chi connectivity index (χ1v) is 14.5. The molecule has 41 heavy (non-hydrogen) atoms. The summed E-state index contributed by atoms with van der Waals surface area (Å²) in [4.78, 5) is 0. The molecule has 0 bridgehead atoms. The molecule has 9 rings (SSSR count). The minimum Gasteiger partial charge on any atom is -0.456 e. The molecule has 1 saturated heterocycles. The van der Waals surface area contributed by atoms with Crippen LogP contribution in [0.1, 0.15) is 49.9 Å². The number of benzene rings is 5. The predicted octanol–water partition coefficient (Wildman–Crippen LogP) is 8.23. The normalized spacial score (nSPS) is 18.6. The van der Waals surface area contributed by atoms with Crippen molar-refractivity contribution in [3.05, 3.63) is 125 Å². The van der Waals surface area contributed by atoms with E-state index >= 15 is 0 Å². The fourth-order valence-electron chi connectivity index (χ4n) is 7.50. The number of hydrogen-bond donors (Lipinski definition) is 0. The lowest BCUT2D eigenvalue weighted by molar-refractivity contribution is 0.00578. The Balaban J connectivity index is 1.30. The molecule has 1 aliphatic heterocycles. The molecule has 0 radical (unpaired) electrons. The van der Waals surface area contributed by atoms with Gasteiger partial charge in [0.2, 0.25) is 0 Å². The summed E-state index contributed by atoms with van der Waals surface area (Å²) in [5, 5.41) is 2.24. The maximum Gasteiger partial charge on any atom is 0.494 e. The minimum absolute atomic E-state index is 0.375. The maximum absolute atomic E-state index is 6.65. The fourth-order valence-corrected chi connectivity index (χ4v) is 7.50. The molecule has 4 heteroatoms. The lowest BCUT2D eigenvalue weighted by Gasteiger charge is -2.32. The summed E-state index contributed by atoms with van der Waals surface area (Å²) < 4.78 is 19.3. The van der Waals surface area contributed by atoms with Crippen molar-refractivity contribution >= 4 is 34.5 Å². The standard InChI is InChI=1S/C37H29BO3/c1-35(2)36(3,4)41-38(40-35)22-17-18-26-28-20-27-25-13-7-10-16-31(25)37(32(27)21-34(28)39-33(26)19-22)29-14-8-5-11-23(29)24-12-6-9-15-30(24)37/h5-21H,1-4H3. The van der Waals surface area contributed by atoms with Crippen LogP contribution in [0.15, 0.2) is 108 Å². The van der Waals surface area contributed by atoms with Gasteiger partial charge in [-0.25, -0.2) is 0 Å². The number of rotatable bonds is 1. The molecule has 0 N–H and O–H groups in total. The average Bonchev–Trinajstić information content (AvgIpc) is 3.64. The van der Waals surface area contributed by atoms with Crippen LogP contribution in [-0.2, 0) is 14.7 Å². The van der Waals surface area contributed by atoms with Crippen LogP contribution in [0, 0.1) is 0 Å². The molecule has 1 fully saturated rings. The van der Waals surface area contributed by atoms with Crippen molar-refractivity contribution in [1.29, 1.82) is 0 Å². The molecule has 2 aliphatic carbocycles. The van der Waals surface area contributed by atoms with Gasteiger partial charge in [-0.3, -0.25) is 0 Å². The summed E-state index contributed by atoms with van der Waals surface area (Å²) >= 11 is 0. The zero-order chi connectivity index (χ0) is 27.7. The van der Waals surface area contributed by atoms with Gasteiger partial charge in [-0.15, -0.1) is 0 Å². The maximum atomic E-state index is 6.65. The van der Waals surface area contributed by atoms with Crippen molar-refractivity contribution in [2.75, 3.05) is 0 Å². The van der Waals surface area contributed by atoms with Crippen molar-refractivity contribution < 1.29 is 13.7 Å². The van der Waals surface area contributed by atoms with Gasteiger partial charge < -0.3 is 13.7 Å². The van der Waals surface area contributed by atoms with E-state index in [0.29, 0.717) is 0 Å². The fraction of sp³-hybridized carbons (Fsp3) is 0.189. The highest BCUT2D eigenvalue weighted by Crippen LogP contribution is 2.63. The van der Waals surface area contributed by atoms with E-state index in [1.807, 2.05) is 0 Å². The van der Waals surface area contributed by atoms with Crippen molar-refractivity contribution in [2.24, 2.45) is 0 Å². The van der Waals surface area contributed by atoms with Crippen LogP contribution in [0.25, 0.3) is 44.2 Å². The molecule has 2 heterocycles. The molecule has 0 atom stereocenters. The summed E-state index contributed by atoms with van der Waals surface area (Å²) in [6.07, 6.45) is 0. The van der Waals surface area contributed by atoms with E-state index in [0.717, 1.165) is 27.4 Å². The Bertz CT molecular complexity index is 2020. The zero-order valence-corrected chi connectivity index (χ0v) is 23.6. The molecule has 0 amide bonds. The first kappa shape index (κ1) is 23.6. The van der Waals surface area contributed by atoms with Gasteiger partial charge in [0.15, 0.2) is 0 Å². The van der Waals surface area contributed by atoms with Crippen LogP contribution in [-0.4, -0.2) is 18.3 Å². The third-order valence-corrected chi connectivity index (χ3v) is 10.1. The topological polar surface area (TPSA) is 31.6 Å². The third-order valence-electron chi connectivity index (χ3n) is 10.1. The van der Waals surface area contributed by atoms with E-state index in [2.05, 4.69) is 131 Å². The molecular weight excluding hydrogens is 503 g/mol. The Morgan fingerprint density at radius 2 is 1.00 bits per heavy atom. The molecule has 0 saturated carbocycles. The SMILES string of the molecule is CC1(C)OB(c2ccc3c(c2)oc2cc4c(cc23)-c2ccccc2C42c3ccccc3-c3ccccc32)OC1(C)C. The lowest BCUT2D eigenvalue weighted by atomic mass is 9.70. The predicted molar refractivity (Wildman–Crippen MR) is 166 cm³/mol. The lowest BCUT2D eigenvalue weighted by Crippen LogP contribution is -2.41. The summed E-state index contributed by atoms with van der Waals surface area (Å²) in [6, 6.07) is 37.7. The molecule has 6 aromatic rings. The highest BCUT2D eigenvalue weighted by Gasteiger charge is 2.53. The third kappa shape index (κ3) is 2.82. The second kappa shape index (κ2) is 7.58. The first-order valence-electron chi connectivity index (χ1n) is 14.5. The van der Waals surface area contributed by atoms with E-state index in [1.165, 1.54) is 44.5 Å². The van der Waals surface area contributed by atoms with Gasteiger partial charge in [-0.2, -0.15) is 0 Å². The van der Waals surface area contributed by atoms with E-state index in [9.17, 15) is 0 Å². The monoisotopic (exact) mass is 532 g/mol. The highest BCUT2D eigenvalue weighted by molar-refractivity contribution is 6.62. The first-order chi connectivity index (χ1) is 19.8. The summed E-state index contributed by atoms with van der Waals surface area (Å²) in [5.41, 5.74) is 12.1. The summed E-state index contributed by atoms with van der Waals surface area (Å²) in [5.74, 6) is 0.